The largest absolute Gasteiger partial charge is 0.345 e. The SMILES string of the molecule is C[C@@H](NC(=O)c1cc2c(s1)CCCCC2)c1ccncc1. The van der Waals surface area contributed by atoms with Crippen LogP contribution >= 0.6 is 11.3 Å². The van der Waals surface area contributed by atoms with Gasteiger partial charge in [-0.05, 0) is 61.9 Å². The molecule has 4 heteroatoms. The fourth-order valence-electron chi connectivity index (χ4n) is 2.78. The van der Waals surface area contributed by atoms with Gasteiger partial charge in [0, 0.05) is 17.3 Å². The third-order valence-electron chi connectivity index (χ3n) is 4.02. The van der Waals surface area contributed by atoms with E-state index in [0.717, 1.165) is 23.3 Å². The van der Waals surface area contributed by atoms with Gasteiger partial charge in [0.05, 0.1) is 10.9 Å². The van der Waals surface area contributed by atoms with Crippen LogP contribution in [-0.2, 0) is 12.8 Å². The molecule has 0 spiro atoms. The normalized spacial score (nSPS) is 15.9. The van der Waals surface area contributed by atoms with Crippen LogP contribution in [0.25, 0.3) is 0 Å². The van der Waals surface area contributed by atoms with E-state index in [1.54, 1.807) is 23.7 Å². The van der Waals surface area contributed by atoms with Crippen LogP contribution < -0.4 is 5.32 Å². The first-order valence-corrected chi connectivity index (χ1v) is 8.38. The summed E-state index contributed by atoms with van der Waals surface area (Å²) in [5.74, 6) is 0.0392. The molecule has 0 unspecified atom stereocenters. The van der Waals surface area contributed by atoms with E-state index in [4.69, 9.17) is 0 Å². The number of amides is 1. The Labute approximate surface area is 129 Å². The van der Waals surface area contributed by atoms with Gasteiger partial charge in [0.15, 0.2) is 0 Å². The number of rotatable bonds is 3. The predicted octanol–water partition coefficient (Wildman–Crippen LogP) is 3.90. The molecule has 0 bridgehead atoms. The third kappa shape index (κ3) is 3.32. The van der Waals surface area contributed by atoms with E-state index in [2.05, 4.69) is 16.4 Å². The van der Waals surface area contributed by atoms with Gasteiger partial charge in [0.1, 0.15) is 0 Å². The van der Waals surface area contributed by atoms with Gasteiger partial charge >= 0.3 is 0 Å². The van der Waals surface area contributed by atoms with Crippen LogP contribution in [0, 0.1) is 0 Å². The highest BCUT2D eigenvalue weighted by Crippen LogP contribution is 2.29. The Morgan fingerprint density at radius 2 is 2.00 bits per heavy atom. The van der Waals surface area contributed by atoms with Gasteiger partial charge in [-0.25, -0.2) is 0 Å². The second-order valence-corrected chi connectivity index (χ2v) is 6.73. The maximum Gasteiger partial charge on any atom is 0.261 e. The number of carbonyl (C=O) groups is 1. The van der Waals surface area contributed by atoms with Crippen molar-refractivity contribution in [3.05, 3.63) is 51.5 Å². The summed E-state index contributed by atoms with van der Waals surface area (Å²) in [6.07, 6.45) is 9.57. The number of hydrogen-bond donors (Lipinski definition) is 1. The molecule has 110 valence electrons. The summed E-state index contributed by atoms with van der Waals surface area (Å²) in [6, 6.07) is 5.98. The monoisotopic (exact) mass is 300 g/mol. The zero-order valence-electron chi connectivity index (χ0n) is 12.3. The van der Waals surface area contributed by atoms with Gasteiger partial charge in [-0.15, -0.1) is 11.3 Å². The van der Waals surface area contributed by atoms with E-state index in [1.807, 2.05) is 19.1 Å². The molecule has 0 saturated heterocycles. The standard InChI is InChI=1S/C17H20N2OS/c1-12(13-7-9-18-10-8-13)19-17(20)16-11-14-5-3-2-4-6-15(14)21-16/h7-12H,2-6H2,1H3,(H,19,20)/t12-/m1/s1. The molecule has 1 amide bonds. The van der Waals surface area contributed by atoms with E-state index in [9.17, 15) is 4.79 Å². The van der Waals surface area contributed by atoms with E-state index < -0.39 is 0 Å². The van der Waals surface area contributed by atoms with Crippen LogP contribution in [0.15, 0.2) is 30.6 Å². The van der Waals surface area contributed by atoms with E-state index >= 15 is 0 Å². The molecule has 0 saturated carbocycles. The van der Waals surface area contributed by atoms with Crippen molar-refractivity contribution in [2.24, 2.45) is 0 Å². The number of nitrogens with zero attached hydrogens (tertiary/aromatic N) is 1. The fourth-order valence-corrected chi connectivity index (χ4v) is 3.94. The quantitative estimate of drug-likeness (QED) is 0.873. The van der Waals surface area contributed by atoms with Gasteiger partial charge < -0.3 is 5.32 Å². The average molecular weight is 300 g/mol. The van der Waals surface area contributed by atoms with Crippen molar-refractivity contribution in [1.82, 2.24) is 10.3 Å². The minimum Gasteiger partial charge on any atom is -0.345 e. The summed E-state index contributed by atoms with van der Waals surface area (Å²) in [4.78, 5) is 18.7. The molecule has 1 aliphatic rings. The molecule has 2 aromatic heterocycles. The van der Waals surface area contributed by atoms with Crippen molar-refractivity contribution in [3.63, 3.8) is 0 Å². The number of nitrogens with one attached hydrogen (secondary N) is 1. The lowest BCUT2D eigenvalue weighted by Crippen LogP contribution is -2.25. The second kappa shape index (κ2) is 6.39. The predicted molar refractivity (Wildman–Crippen MR) is 85.7 cm³/mol. The third-order valence-corrected chi connectivity index (χ3v) is 5.26. The highest BCUT2D eigenvalue weighted by Gasteiger charge is 2.18. The molecule has 0 radical (unpaired) electrons. The maximum absolute atomic E-state index is 12.4. The van der Waals surface area contributed by atoms with Crippen LogP contribution in [0.5, 0.6) is 0 Å². The smallest absolute Gasteiger partial charge is 0.261 e. The fraction of sp³-hybridized carbons (Fsp3) is 0.412. The van der Waals surface area contributed by atoms with Crippen molar-refractivity contribution in [2.45, 2.75) is 45.1 Å². The summed E-state index contributed by atoms with van der Waals surface area (Å²) < 4.78 is 0. The second-order valence-electron chi connectivity index (χ2n) is 5.60. The van der Waals surface area contributed by atoms with Crippen LogP contribution in [0.4, 0.5) is 0 Å². The summed E-state index contributed by atoms with van der Waals surface area (Å²) in [7, 11) is 0. The van der Waals surface area contributed by atoms with E-state index in [1.165, 1.54) is 29.7 Å². The van der Waals surface area contributed by atoms with Crippen LogP contribution in [-0.4, -0.2) is 10.9 Å². The van der Waals surface area contributed by atoms with Gasteiger partial charge in [-0.1, -0.05) is 6.42 Å². The molecule has 21 heavy (non-hydrogen) atoms. The van der Waals surface area contributed by atoms with Crippen molar-refractivity contribution in [3.8, 4) is 0 Å². The Morgan fingerprint density at radius 3 is 2.81 bits per heavy atom. The number of fused-ring (bicyclic) bond motifs is 1. The Balaban J connectivity index is 1.71. The minimum absolute atomic E-state index is 0.00223. The average Bonchev–Trinajstić information content (AvgIpc) is 2.79. The molecule has 0 aromatic carbocycles. The molecule has 0 aliphatic heterocycles. The molecule has 1 atom stereocenters. The minimum atomic E-state index is 0.00223. The lowest BCUT2D eigenvalue weighted by atomic mass is 10.1. The molecule has 3 rings (SSSR count). The topological polar surface area (TPSA) is 42.0 Å². The molecular weight excluding hydrogens is 280 g/mol. The molecule has 1 N–H and O–H groups in total. The van der Waals surface area contributed by atoms with Gasteiger partial charge in [-0.2, -0.15) is 0 Å². The van der Waals surface area contributed by atoms with Crippen molar-refractivity contribution < 1.29 is 4.79 Å². The van der Waals surface area contributed by atoms with E-state index in [0.29, 0.717) is 0 Å². The maximum atomic E-state index is 12.4. The molecule has 1 aliphatic carbocycles. The number of carbonyl (C=O) groups excluding carboxylic acids is 1. The molecule has 2 heterocycles. The first-order chi connectivity index (χ1) is 10.2. The Hall–Kier alpha value is -1.68. The molecule has 2 aromatic rings. The summed E-state index contributed by atoms with van der Waals surface area (Å²) >= 11 is 1.67. The van der Waals surface area contributed by atoms with Crippen LogP contribution in [0.1, 0.15) is 57.9 Å². The molecule has 3 nitrogen and oxygen atoms in total. The Bertz CT molecular complexity index is 597. The lowest BCUT2D eigenvalue weighted by molar-refractivity contribution is 0.0944. The first-order valence-electron chi connectivity index (χ1n) is 7.56. The molecular formula is C17H20N2OS. The van der Waals surface area contributed by atoms with Crippen LogP contribution in [0.3, 0.4) is 0 Å². The first kappa shape index (κ1) is 14.3. The number of aromatic nitrogens is 1. The summed E-state index contributed by atoms with van der Waals surface area (Å²) in [5.41, 5.74) is 2.47. The van der Waals surface area contributed by atoms with Crippen LogP contribution in [0.2, 0.25) is 0 Å². The number of pyridine rings is 1. The van der Waals surface area contributed by atoms with Crippen molar-refractivity contribution in [1.29, 1.82) is 0 Å². The van der Waals surface area contributed by atoms with Gasteiger partial charge in [0.2, 0.25) is 0 Å². The number of thiophene rings is 1. The van der Waals surface area contributed by atoms with Gasteiger partial charge in [0.25, 0.3) is 5.91 Å². The van der Waals surface area contributed by atoms with Crippen molar-refractivity contribution in [2.75, 3.05) is 0 Å². The Morgan fingerprint density at radius 1 is 1.24 bits per heavy atom. The van der Waals surface area contributed by atoms with Gasteiger partial charge in [-0.3, -0.25) is 9.78 Å². The highest BCUT2D eigenvalue weighted by atomic mass is 32.1. The number of hydrogen-bond acceptors (Lipinski definition) is 3. The lowest BCUT2D eigenvalue weighted by Gasteiger charge is -2.13. The zero-order valence-corrected chi connectivity index (χ0v) is 13.1. The Kier molecular flexibility index (Phi) is 4.34. The van der Waals surface area contributed by atoms with Crippen molar-refractivity contribution >= 4 is 17.2 Å². The number of aryl methyl sites for hydroxylation is 2. The zero-order chi connectivity index (χ0) is 14.7. The highest BCUT2D eigenvalue weighted by molar-refractivity contribution is 7.14. The summed E-state index contributed by atoms with van der Waals surface area (Å²) in [5, 5.41) is 3.08. The summed E-state index contributed by atoms with van der Waals surface area (Å²) in [6.45, 7) is 2.01. The molecule has 0 fully saturated rings. The van der Waals surface area contributed by atoms with E-state index in [-0.39, 0.29) is 11.9 Å².